The van der Waals surface area contributed by atoms with Gasteiger partial charge in [0, 0.05) is 12.1 Å². The lowest BCUT2D eigenvalue weighted by Crippen LogP contribution is -2.49. The molecule has 0 bridgehead atoms. The van der Waals surface area contributed by atoms with Crippen LogP contribution in [-0.4, -0.2) is 18.0 Å². The molecule has 88 valence electrons. The Morgan fingerprint density at radius 3 is 2.31 bits per heavy atom. The number of rotatable bonds is 3. The average molecular weight is 228 g/mol. The molecular formula is C11H14F2N2O. The normalized spacial score (nSPS) is 11.3. The lowest BCUT2D eigenvalue weighted by Gasteiger charge is -2.24. The van der Waals surface area contributed by atoms with Gasteiger partial charge in [-0.1, -0.05) is 6.07 Å². The molecule has 0 atom stereocenters. The van der Waals surface area contributed by atoms with Gasteiger partial charge in [0.1, 0.15) is 17.2 Å². The fourth-order valence-electron chi connectivity index (χ4n) is 1.14. The van der Waals surface area contributed by atoms with Gasteiger partial charge in [-0.15, -0.1) is 0 Å². The summed E-state index contributed by atoms with van der Waals surface area (Å²) in [5, 5.41) is 2.46. The third-order valence-corrected chi connectivity index (χ3v) is 2.15. The van der Waals surface area contributed by atoms with Gasteiger partial charge in [0.15, 0.2) is 0 Å². The molecule has 0 saturated carbocycles. The molecule has 0 aromatic heterocycles. The maximum atomic E-state index is 13.2. The quantitative estimate of drug-likeness (QED) is 0.822. The first-order chi connectivity index (χ1) is 7.37. The predicted molar refractivity (Wildman–Crippen MR) is 57.0 cm³/mol. The summed E-state index contributed by atoms with van der Waals surface area (Å²) in [4.78, 5) is 11.6. The molecule has 0 heterocycles. The summed E-state index contributed by atoms with van der Waals surface area (Å²) in [7, 11) is 0. The fraction of sp³-hybridized carbons (Fsp3) is 0.364. The van der Waals surface area contributed by atoms with E-state index in [-0.39, 0.29) is 6.54 Å². The van der Waals surface area contributed by atoms with Crippen LogP contribution in [0.15, 0.2) is 18.2 Å². The van der Waals surface area contributed by atoms with E-state index in [0.717, 1.165) is 12.1 Å². The Kier molecular flexibility index (Phi) is 3.59. The van der Waals surface area contributed by atoms with E-state index >= 15 is 0 Å². The van der Waals surface area contributed by atoms with Crippen molar-refractivity contribution in [3.63, 3.8) is 0 Å². The van der Waals surface area contributed by atoms with Gasteiger partial charge in [-0.2, -0.15) is 0 Å². The summed E-state index contributed by atoms with van der Waals surface area (Å²) in [6.07, 6.45) is 0. The van der Waals surface area contributed by atoms with Crippen LogP contribution in [0.1, 0.15) is 24.2 Å². The smallest absolute Gasteiger partial charge is 0.257 e. The van der Waals surface area contributed by atoms with Crippen molar-refractivity contribution in [3.05, 3.63) is 35.4 Å². The maximum absolute atomic E-state index is 13.2. The minimum atomic E-state index is -0.884. The second-order valence-electron chi connectivity index (χ2n) is 4.14. The lowest BCUT2D eigenvalue weighted by molar-refractivity contribution is 0.0907. The minimum absolute atomic E-state index is 0.175. The number of carbonyl (C=O) groups excluding carboxylic acids is 1. The number of halogens is 2. The Bertz CT molecular complexity index is 385. The van der Waals surface area contributed by atoms with E-state index < -0.39 is 28.6 Å². The maximum Gasteiger partial charge on any atom is 0.257 e. The third kappa shape index (κ3) is 2.76. The molecule has 0 fully saturated rings. The summed E-state index contributed by atoms with van der Waals surface area (Å²) < 4.78 is 26.5. The monoisotopic (exact) mass is 228 g/mol. The van der Waals surface area contributed by atoms with Crippen LogP contribution in [-0.2, 0) is 0 Å². The van der Waals surface area contributed by atoms with Gasteiger partial charge < -0.3 is 11.1 Å². The number of benzene rings is 1. The third-order valence-electron chi connectivity index (χ3n) is 2.15. The van der Waals surface area contributed by atoms with Crippen molar-refractivity contribution >= 4 is 5.91 Å². The number of nitrogens with one attached hydrogen (secondary N) is 1. The first-order valence-corrected chi connectivity index (χ1v) is 4.84. The summed E-state index contributed by atoms with van der Waals surface area (Å²) in [5.41, 5.74) is 4.12. The van der Waals surface area contributed by atoms with E-state index in [9.17, 15) is 13.6 Å². The highest BCUT2D eigenvalue weighted by atomic mass is 19.1. The van der Waals surface area contributed by atoms with E-state index in [2.05, 4.69) is 5.32 Å². The molecule has 0 aliphatic carbocycles. The van der Waals surface area contributed by atoms with Crippen LogP contribution in [0.5, 0.6) is 0 Å². The van der Waals surface area contributed by atoms with Crippen molar-refractivity contribution in [1.82, 2.24) is 5.32 Å². The van der Waals surface area contributed by atoms with E-state index in [1.165, 1.54) is 6.07 Å². The lowest BCUT2D eigenvalue weighted by atomic mass is 10.0. The van der Waals surface area contributed by atoms with Crippen molar-refractivity contribution < 1.29 is 13.6 Å². The van der Waals surface area contributed by atoms with Crippen molar-refractivity contribution in [2.75, 3.05) is 6.54 Å². The van der Waals surface area contributed by atoms with Crippen molar-refractivity contribution in [3.8, 4) is 0 Å². The fourth-order valence-corrected chi connectivity index (χ4v) is 1.14. The van der Waals surface area contributed by atoms with Gasteiger partial charge in [-0.3, -0.25) is 4.79 Å². The zero-order valence-corrected chi connectivity index (χ0v) is 9.18. The van der Waals surface area contributed by atoms with E-state index in [0.29, 0.717) is 0 Å². The highest BCUT2D eigenvalue weighted by Gasteiger charge is 2.23. The van der Waals surface area contributed by atoms with Crippen molar-refractivity contribution in [2.24, 2.45) is 5.73 Å². The summed E-state index contributed by atoms with van der Waals surface area (Å²) in [6, 6.07) is 3.27. The van der Waals surface area contributed by atoms with Crippen molar-refractivity contribution in [2.45, 2.75) is 19.4 Å². The zero-order chi connectivity index (χ0) is 12.3. The number of carbonyl (C=O) groups is 1. The van der Waals surface area contributed by atoms with Crippen LogP contribution >= 0.6 is 0 Å². The van der Waals surface area contributed by atoms with Crippen molar-refractivity contribution in [1.29, 1.82) is 0 Å². The van der Waals surface area contributed by atoms with Crippen LogP contribution in [0.4, 0.5) is 8.78 Å². The van der Waals surface area contributed by atoms with Gasteiger partial charge in [-0.05, 0) is 26.0 Å². The summed E-state index contributed by atoms with van der Waals surface area (Å²) in [5.74, 6) is -2.57. The molecule has 0 aliphatic rings. The molecule has 1 amide bonds. The highest BCUT2D eigenvalue weighted by molar-refractivity contribution is 5.95. The van der Waals surface area contributed by atoms with Gasteiger partial charge in [0.25, 0.3) is 5.91 Å². The Morgan fingerprint density at radius 2 is 1.88 bits per heavy atom. The first kappa shape index (κ1) is 12.6. The highest BCUT2D eigenvalue weighted by Crippen LogP contribution is 2.13. The average Bonchev–Trinajstić information content (AvgIpc) is 2.16. The molecule has 1 aromatic carbocycles. The van der Waals surface area contributed by atoms with E-state index in [4.69, 9.17) is 5.73 Å². The molecule has 1 aromatic rings. The van der Waals surface area contributed by atoms with Crippen LogP contribution in [0.25, 0.3) is 0 Å². The Hall–Kier alpha value is -1.49. The van der Waals surface area contributed by atoms with Gasteiger partial charge in [0.2, 0.25) is 0 Å². The molecule has 0 aliphatic heterocycles. The molecule has 16 heavy (non-hydrogen) atoms. The minimum Gasteiger partial charge on any atom is -0.346 e. The molecule has 3 N–H and O–H groups in total. The second kappa shape index (κ2) is 4.57. The molecule has 3 nitrogen and oxygen atoms in total. The number of amides is 1. The summed E-state index contributed by atoms with van der Waals surface area (Å²) >= 11 is 0. The van der Waals surface area contributed by atoms with Crippen LogP contribution in [0.2, 0.25) is 0 Å². The van der Waals surface area contributed by atoms with E-state index in [1.807, 2.05) is 0 Å². The molecular weight excluding hydrogens is 214 g/mol. The molecule has 1 rings (SSSR count). The summed E-state index contributed by atoms with van der Waals surface area (Å²) in [6.45, 7) is 3.52. The number of nitrogens with two attached hydrogens (primary N) is 1. The Labute approximate surface area is 92.6 Å². The molecule has 0 radical (unpaired) electrons. The van der Waals surface area contributed by atoms with Gasteiger partial charge in [-0.25, -0.2) is 8.78 Å². The standard InChI is InChI=1S/C11H14F2N2O/c1-11(2,6-14)15-10(16)9-7(12)4-3-5-8(9)13/h3-5H,6,14H2,1-2H3,(H,15,16). The Balaban J connectivity index is 2.98. The largest absolute Gasteiger partial charge is 0.346 e. The SMILES string of the molecule is CC(C)(CN)NC(=O)c1c(F)cccc1F. The molecule has 0 spiro atoms. The Morgan fingerprint density at radius 1 is 1.38 bits per heavy atom. The zero-order valence-electron chi connectivity index (χ0n) is 9.18. The molecule has 0 unspecified atom stereocenters. The number of hydrogen-bond donors (Lipinski definition) is 2. The molecule has 0 saturated heterocycles. The second-order valence-corrected chi connectivity index (χ2v) is 4.14. The number of hydrogen-bond acceptors (Lipinski definition) is 2. The predicted octanol–water partition coefficient (Wildman–Crippen LogP) is 1.43. The first-order valence-electron chi connectivity index (χ1n) is 4.84. The topological polar surface area (TPSA) is 55.1 Å². The molecule has 5 heteroatoms. The van der Waals surface area contributed by atoms with E-state index in [1.54, 1.807) is 13.8 Å². The van der Waals surface area contributed by atoms with Gasteiger partial charge in [0.05, 0.1) is 0 Å². The van der Waals surface area contributed by atoms with Gasteiger partial charge >= 0.3 is 0 Å². The van der Waals surface area contributed by atoms with Crippen LogP contribution < -0.4 is 11.1 Å². The van der Waals surface area contributed by atoms with Crippen LogP contribution in [0, 0.1) is 11.6 Å². The van der Waals surface area contributed by atoms with Crippen LogP contribution in [0.3, 0.4) is 0 Å².